The first kappa shape index (κ1) is 41.1. The molecule has 1 aromatic carbocycles. The average Bonchev–Trinajstić information content (AvgIpc) is 2.96. The van der Waals surface area contributed by atoms with E-state index in [9.17, 15) is 28.8 Å². The fourth-order valence-electron chi connectivity index (χ4n) is 4.53. The Labute approximate surface area is 280 Å². The van der Waals surface area contributed by atoms with Gasteiger partial charge >= 0.3 is 12.1 Å². The monoisotopic (exact) mass is 659 g/mol. The average molecular weight is 660 g/mol. The number of ketones is 2. The zero-order valence-corrected chi connectivity index (χ0v) is 29.8. The van der Waals surface area contributed by atoms with Gasteiger partial charge in [-0.15, -0.1) is 0 Å². The molecule has 12 nitrogen and oxygen atoms in total. The van der Waals surface area contributed by atoms with Crippen LogP contribution in [0.25, 0.3) is 0 Å². The number of nitrogens with one attached hydrogen (secondary N) is 3. The third-order valence-corrected chi connectivity index (χ3v) is 7.69. The van der Waals surface area contributed by atoms with Gasteiger partial charge in [0.25, 0.3) is 0 Å². The van der Waals surface area contributed by atoms with Crippen molar-refractivity contribution in [2.45, 2.75) is 107 Å². The molecule has 0 bridgehead atoms. The molecular weight excluding hydrogens is 602 g/mol. The number of hydrogen-bond acceptors (Lipinski definition) is 7. The number of hydrogen-bond donors (Lipinski definition) is 4. The second-order valence-corrected chi connectivity index (χ2v) is 14.7. The number of amides is 5. The van der Waals surface area contributed by atoms with Gasteiger partial charge in [0.05, 0.1) is 6.04 Å². The predicted molar refractivity (Wildman–Crippen MR) is 182 cm³/mol. The van der Waals surface area contributed by atoms with E-state index in [1.165, 1.54) is 4.90 Å². The van der Waals surface area contributed by atoms with Crippen LogP contribution in [0.1, 0.15) is 99.5 Å². The molecule has 0 saturated carbocycles. The first-order valence-corrected chi connectivity index (χ1v) is 16.4. The van der Waals surface area contributed by atoms with Crippen LogP contribution in [0, 0.1) is 22.7 Å². The summed E-state index contributed by atoms with van der Waals surface area (Å²) in [6.07, 6.45) is 1.30. The first-order valence-electron chi connectivity index (χ1n) is 16.4. The second kappa shape index (κ2) is 19.0. The van der Waals surface area contributed by atoms with Crippen molar-refractivity contribution < 1.29 is 33.5 Å². The number of rotatable bonds is 18. The molecule has 0 spiro atoms. The highest BCUT2D eigenvalue weighted by Crippen LogP contribution is 2.22. The lowest BCUT2D eigenvalue weighted by atomic mass is 9.88. The van der Waals surface area contributed by atoms with Gasteiger partial charge in [-0.25, -0.2) is 9.59 Å². The maximum Gasteiger partial charge on any atom is 0.409 e. The smallest absolute Gasteiger partial charge is 0.409 e. The van der Waals surface area contributed by atoms with E-state index in [0.29, 0.717) is 36.9 Å². The quantitative estimate of drug-likeness (QED) is 0.157. The molecule has 5 N–H and O–H groups in total. The summed E-state index contributed by atoms with van der Waals surface area (Å²) in [5.74, 6) is -1.64. The van der Waals surface area contributed by atoms with Gasteiger partial charge in [0, 0.05) is 56.4 Å². The van der Waals surface area contributed by atoms with Crippen molar-refractivity contribution in [1.82, 2.24) is 15.5 Å². The summed E-state index contributed by atoms with van der Waals surface area (Å²) in [5.41, 5.74) is 5.85. The standard InChI is InChI=1S/C35H57N5O7/c1-23(2)30(39-29(43)16-18-34(3,4)5)27(41)21-25(11-10-19-37-32(36)45)31(44)38-26-14-12-24(13-15-26)22-47-33(46)40(9)20-17-28(42)35(6,7)8/h12-15,23,25,30H,10-11,16-22H2,1-9H3,(H,38,44)(H,39,43)(H3,36,37,45)/t25-,30+/m1/s1. The number of carbonyl (C=O) groups excluding carboxylic acids is 6. The van der Waals surface area contributed by atoms with E-state index in [2.05, 4.69) is 16.0 Å². The Morgan fingerprint density at radius 3 is 2.09 bits per heavy atom. The molecule has 1 aromatic rings. The van der Waals surface area contributed by atoms with Crippen molar-refractivity contribution in [1.29, 1.82) is 0 Å². The van der Waals surface area contributed by atoms with Crippen molar-refractivity contribution in [3.8, 4) is 0 Å². The number of carbonyl (C=O) groups is 6. The molecule has 0 aliphatic heterocycles. The van der Waals surface area contributed by atoms with Crippen LogP contribution in [0.3, 0.4) is 0 Å². The molecule has 0 aliphatic carbocycles. The molecule has 5 amide bonds. The Morgan fingerprint density at radius 2 is 1.55 bits per heavy atom. The van der Waals surface area contributed by atoms with Crippen LogP contribution in [-0.4, -0.2) is 66.6 Å². The van der Waals surface area contributed by atoms with E-state index in [0.717, 1.165) is 0 Å². The lowest BCUT2D eigenvalue weighted by Gasteiger charge is -2.25. The first-order chi connectivity index (χ1) is 21.7. The summed E-state index contributed by atoms with van der Waals surface area (Å²) in [7, 11) is 1.58. The number of nitrogens with zero attached hydrogens (tertiary/aromatic N) is 1. The Hall–Kier alpha value is -3.96. The predicted octanol–water partition coefficient (Wildman–Crippen LogP) is 5.19. The molecule has 0 fully saturated rings. The maximum atomic E-state index is 13.4. The minimum absolute atomic E-state index is 0.00662. The molecule has 0 aromatic heterocycles. The van der Waals surface area contributed by atoms with Crippen LogP contribution < -0.4 is 21.7 Å². The zero-order chi connectivity index (χ0) is 35.9. The third-order valence-electron chi connectivity index (χ3n) is 7.69. The van der Waals surface area contributed by atoms with E-state index in [-0.39, 0.29) is 67.3 Å². The Kier molecular flexibility index (Phi) is 16.6. The van der Waals surface area contributed by atoms with E-state index in [1.807, 2.05) is 55.4 Å². The number of Topliss-reactive ketones (excluding diaryl/α,β-unsaturated/α-hetero) is 2. The molecule has 0 aliphatic rings. The van der Waals surface area contributed by atoms with Gasteiger partial charge in [-0.05, 0) is 48.3 Å². The van der Waals surface area contributed by atoms with Crippen LogP contribution in [0.4, 0.5) is 15.3 Å². The SMILES string of the molecule is CC(C)[C@H](NC(=O)CCC(C)(C)C)C(=O)C[C@@H](CCCNC(N)=O)C(=O)Nc1ccc(COC(=O)N(C)CCC(=O)C(C)(C)C)cc1. The summed E-state index contributed by atoms with van der Waals surface area (Å²) in [5, 5.41) is 8.22. The van der Waals surface area contributed by atoms with Gasteiger partial charge in [-0.3, -0.25) is 19.2 Å². The van der Waals surface area contributed by atoms with E-state index in [4.69, 9.17) is 10.5 Å². The summed E-state index contributed by atoms with van der Waals surface area (Å²) >= 11 is 0. The summed E-state index contributed by atoms with van der Waals surface area (Å²) < 4.78 is 5.37. The molecule has 0 saturated heterocycles. The number of nitrogens with two attached hydrogens (primary N) is 1. The molecule has 2 atom stereocenters. The minimum Gasteiger partial charge on any atom is -0.445 e. The zero-order valence-electron chi connectivity index (χ0n) is 29.8. The highest BCUT2D eigenvalue weighted by molar-refractivity contribution is 5.97. The van der Waals surface area contributed by atoms with Crippen LogP contribution in [-0.2, 0) is 30.5 Å². The van der Waals surface area contributed by atoms with Gasteiger partial charge in [-0.2, -0.15) is 0 Å². The van der Waals surface area contributed by atoms with E-state index in [1.54, 1.807) is 31.3 Å². The van der Waals surface area contributed by atoms with E-state index < -0.39 is 29.5 Å². The van der Waals surface area contributed by atoms with Crippen molar-refractivity contribution in [2.75, 3.05) is 25.5 Å². The van der Waals surface area contributed by atoms with Crippen LogP contribution in [0.15, 0.2) is 24.3 Å². The summed E-state index contributed by atoms with van der Waals surface area (Å²) in [6, 6.07) is 5.37. The molecule has 264 valence electrons. The van der Waals surface area contributed by atoms with Crippen molar-refractivity contribution in [3.63, 3.8) is 0 Å². The second-order valence-electron chi connectivity index (χ2n) is 14.7. The molecular formula is C35H57N5O7. The van der Waals surface area contributed by atoms with Gasteiger partial charge in [0.2, 0.25) is 11.8 Å². The van der Waals surface area contributed by atoms with Gasteiger partial charge in [0.15, 0.2) is 5.78 Å². The number of anilines is 1. The normalized spacial score (nSPS) is 12.9. The Balaban J connectivity index is 2.86. The minimum atomic E-state index is -0.735. The molecule has 0 unspecified atom stereocenters. The van der Waals surface area contributed by atoms with Gasteiger partial charge in [-0.1, -0.05) is 67.5 Å². The lowest BCUT2D eigenvalue weighted by molar-refractivity contribution is -0.131. The Morgan fingerprint density at radius 1 is 0.936 bits per heavy atom. The number of ether oxygens (including phenoxy) is 1. The van der Waals surface area contributed by atoms with E-state index >= 15 is 0 Å². The van der Waals surface area contributed by atoms with Gasteiger partial charge in [0.1, 0.15) is 12.4 Å². The van der Waals surface area contributed by atoms with Crippen LogP contribution >= 0.6 is 0 Å². The van der Waals surface area contributed by atoms with Crippen LogP contribution in [0.2, 0.25) is 0 Å². The topological polar surface area (TPSA) is 177 Å². The number of primary amides is 1. The highest BCUT2D eigenvalue weighted by Gasteiger charge is 2.30. The third kappa shape index (κ3) is 17.0. The largest absolute Gasteiger partial charge is 0.445 e. The fourth-order valence-corrected chi connectivity index (χ4v) is 4.53. The molecule has 47 heavy (non-hydrogen) atoms. The lowest BCUT2D eigenvalue weighted by Crippen LogP contribution is -2.45. The summed E-state index contributed by atoms with van der Waals surface area (Å²) in [6.45, 7) is 15.9. The van der Waals surface area contributed by atoms with Crippen molar-refractivity contribution in [3.05, 3.63) is 29.8 Å². The number of benzene rings is 1. The summed E-state index contributed by atoms with van der Waals surface area (Å²) in [4.78, 5) is 76.4. The molecule has 0 radical (unpaired) electrons. The maximum absolute atomic E-state index is 13.4. The molecule has 1 rings (SSSR count). The van der Waals surface area contributed by atoms with Crippen molar-refractivity contribution >= 4 is 41.2 Å². The van der Waals surface area contributed by atoms with Gasteiger partial charge < -0.3 is 31.3 Å². The van der Waals surface area contributed by atoms with Crippen molar-refractivity contribution in [2.24, 2.45) is 28.4 Å². The highest BCUT2D eigenvalue weighted by atomic mass is 16.6. The Bertz CT molecular complexity index is 1220. The number of urea groups is 1. The fraction of sp³-hybridized carbons (Fsp3) is 0.657. The molecule has 0 heterocycles. The van der Waals surface area contributed by atoms with Crippen LogP contribution in [0.5, 0.6) is 0 Å². The molecule has 12 heteroatoms.